The third kappa shape index (κ3) is 2.54. The lowest BCUT2D eigenvalue weighted by molar-refractivity contribution is 0.881. The molecule has 1 atom stereocenters. The quantitative estimate of drug-likeness (QED) is 0.563. The Balaban J connectivity index is 2.35. The van der Waals surface area contributed by atoms with E-state index in [0.29, 0.717) is 5.02 Å². The van der Waals surface area contributed by atoms with Crippen molar-refractivity contribution in [2.75, 3.05) is 0 Å². The van der Waals surface area contributed by atoms with Crippen LogP contribution >= 0.6 is 23.2 Å². The molecule has 1 unspecified atom stereocenters. The van der Waals surface area contributed by atoms with E-state index in [4.69, 9.17) is 23.2 Å². The number of rotatable bonds is 2. The normalized spacial score (nSPS) is 12.8. The van der Waals surface area contributed by atoms with Crippen LogP contribution in [0.5, 0.6) is 0 Å². The maximum atomic E-state index is 6.32. The first-order valence-electron chi connectivity index (χ1n) is 6.87. The Labute approximate surface area is 134 Å². The van der Waals surface area contributed by atoms with Crippen molar-refractivity contribution in [2.24, 2.45) is 0 Å². The van der Waals surface area contributed by atoms with E-state index in [9.17, 15) is 0 Å². The second-order valence-electron chi connectivity index (χ2n) is 5.32. The maximum absolute atomic E-state index is 6.32. The van der Waals surface area contributed by atoms with Gasteiger partial charge in [0, 0.05) is 10.7 Å². The number of fused-ring (bicyclic) bond motifs is 1. The van der Waals surface area contributed by atoms with Gasteiger partial charge in [0.2, 0.25) is 0 Å². The summed E-state index contributed by atoms with van der Waals surface area (Å²) in [6, 6.07) is 12.1. The second-order valence-corrected chi connectivity index (χ2v) is 6.41. The maximum Gasteiger partial charge on any atom is 0.132 e. The molecule has 0 N–H and O–H groups in total. The number of nitrogens with zero attached hydrogens (tertiary/aromatic N) is 2. The molecule has 0 aliphatic carbocycles. The summed E-state index contributed by atoms with van der Waals surface area (Å²) in [4.78, 5) is 4.65. The van der Waals surface area contributed by atoms with Crippen LogP contribution in [-0.2, 0) is 0 Å². The first kappa shape index (κ1) is 14.4. The molecule has 0 fully saturated rings. The standard InChI is InChI=1S/C17H16Cl2N2/c1-10-4-6-14(8-11(10)2)21-16-9-13(19)5-7-15(16)20-17(21)12(3)18/h4-9,12H,1-3H3. The van der Waals surface area contributed by atoms with E-state index in [1.807, 2.05) is 25.1 Å². The molecule has 21 heavy (non-hydrogen) atoms. The highest BCUT2D eigenvalue weighted by atomic mass is 35.5. The summed E-state index contributed by atoms with van der Waals surface area (Å²) in [7, 11) is 0. The molecule has 0 aliphatic heterocycles. The van der Waals surface area contributed by atoms with Gasteiger partial charge in [-0.1, -0.05) is 17.7 Å². The van der Waals surface area contributed by atoms with Gasteiger partial charge in [0.05, 0.1) is 16.4 Å². The van der Waals surface area contributed by atoms with Crippen molar-refractivity contribution in [3.05, 3.63) is 58.4 Å². The molecule has 0 amide bonds. The first-order valence-corrected chi connectivity index (χ1v) is 7.68. The fourth-order valence-corrected chi connectivity index (χ4v) is 2.78. The predicted molar refractivity (Wildman–Crippen MR) is 89.8 cm³/mol. The molecule has 108 valence electrons. The average Bonchev–Trinajstić information content (AvgIpc) is 2.80. The zero-order valence-electron chi connectivity index (χ0n) is 12.2. The van der Waals surface area contributed by atoms with E-state index in [1.54, 1.807) is 0 Å². The average molecular weight is 319 g/mol. The third-order valence-corrected chi connectivity index (χ3v) is 4.18. The van der Waals surface area contributed by atoms with Crippen molar-refractivity contribution in [3.63, 3.8) is 0 Å². The molecule has 2 nitrogen and oxygen atoms in total. The summed E-state index contributed by atoms with van der Waals surface area (Å²) in [5, 5.41) is 0.513. The monoisotopic (exact) mass is 318 g/mol. The number of hydrogen-bond donors (Lipinski definition) is 0. The highest BCUT2D eigenvalue weighted by Crippen LogP contribution is 2.30. The molecular weight excluding hydrogens is 303 g/mol. The van der Waals surface area contributed by atoms with Gasteiger partial charge in [-0.2, -0.15) is 0 Å². The largest absolute Gasteiger partial charge is 0.295 e. The van der Waals surface area contributed by atoms with Gasteiger partial charge in [-0.3, -0.25) is 4.57 Å². The van der Waals surface area contributed by atoms with E-state index in [-0.39, 0.29) is 5.38 Å². The van der Waals surface area contributed by atoms with Gasteiger partial charge >= 0.3 is 0 Å². The van der Waals surface area contributed by atoms with Crippen LogP contribution in [-0.4, -0.2) is 9.55 Å². The molecule has 0 saturated carbocycles. The van der Waals surface area contributed by atoms with Crippen molar-refractivity contribution in [1.29, 1.82) is 0 Å². The van der Waals surface area contributed by atoms with Gasteiger partial charge in [0.25, 0.3) is 0 Å². The third-order valence-electron chi connectivity index (χ3n) is 3.75. The Kier molecular flexibility index (Phi) is 3.68. The van der Waals surface area contributed by atoms with E-state index in [0.717, 1.165) is 22.5 Å². The summed E-state index contributed by atoms with van der Waals surface area (Å²) >= 11 is 12.5. The molecule has 0 saturated heterocycles. The second kappa shape index (κ2) is 5.36. The zero-order chi connectivity index (χ0) is 15.1. The topological polar surface area (TPSA) is 17.8 Å². The Morgan fingerprint density at radius 2 is 1.81 bits per heavy atom. The van der Waals surface area contributed by atoms with Crippen molar-refractivity contribution >= 4 is 34.2 Å². The number of benzene rings is 2. The van der Waals surface area contributed by atoms with Crippen LogP contribution in [0.25, 0.3) is 16.7 Å². The van der Waals surface area contributed by atoms with Crippen molar-refractivity contribution in [3.8, 4) is 5.69 Å². The summed E-state index contributed by atoms with van der Waals surface area (Å²) < 4.78 is 2.09. The minimum absolute atomic E-state index is 0.183. The highest BCUT2D eigenvalue weighted by Gasteiger charge is 2.16. The number of aryl methyl sites for hydroxylation is 2. The van der Waals surface area contributed by atoms with Crippen molar-refractivity contribution < 1.29 is 0 Å². The van der Waals surface area contributed by atoms with Gasteiger partial charge < -0.3 is 0 Å². The van der Waals surface area contributed by atoms with Gasteiger partial charge in [0.15, 0.2) is 0 Å². The van der Waals surface area contributed by atoms with E-state index in [1.165, 1.54) is 11.1 Å². The van der Waals surface area contributed by atoms with Gasteiger partial charge in [-0.15, -0.1) is 11.6 Å². The molecule has 1 heterocycles. The molecule has 3 aromatic rings. The van der Waals surface area contributed by atoms with E-state index < -0.39 is 0 Å². The van der Waals surface area contributed by atoms with Crippen LogP contribution in [0.3, 0.4) is 0 Å². The molecular formula is C17H16Cl2N2. The van der Waals surface area contributed by atoms with Gasteiger partial charge in [-0.25, -0.2) is 4.98 Å². The fourth-order valence-electron chi connectivity index (χ4n) is 2.47. The summed E-state index contributed by atoms with van der Waals surface area (Å²) in [6.07, 6.45) is 0. The fraction of sp³-hybridized carbons (Fsp3) is 0.235. The number of halogens is 2. The van der Waals surface area contributed by atoms with Crippen molar-refractivity contribution in [1.82, 2.24) is 9.55 Å². The highest BCUT2D eigenvalue weighted by molar-refractivity contribution is 6.31. The molecule has 1 aromatic heterocycles. The summed E-state index contributed by atoms with van der Waals surface area (Å²) in [5.74, 6) is 0.831. The first-order chi connectivity index (χ1) is 9.97. The van der Waals surface area contributed by atoms with E-state index in [2.05, 4.69) is 41.6 Å². The zero-order valence-corrected chi connectivity index (χ0v) is 13.7. The molecule has 0 bridgehead atoms. The van der Waals surface area contributed by atoms with Crippen LogP contribution in [0.4, 0.5) is 0 Å². The molecule has 0 aliphatic rings. The Morgan fingerprint density at radius 1 is 1.05 bits per heavy atom. The Bertz CT molecular complexity index is 819. The Hall–Kier alpha value is -1.51. The Morgan fingerprint density at radius 3 is 2.48 bits per heavy atom. The molecule has 0 radical (unpaired) electrons. The smallest absolute Gasteiger partial charge is 0.132 e. The van der Waals surface area contributed by atoms with Crippen LogP contribution in [0.1, 0.15) is 29.3 Å². The minimum atomic E-state index is -0.183. The SMILES string of the molecule is Cc1ccc(-n2c(C(C)Cl)nc3ccc(Cl)cc32)cc1C. The number of hydrogen-bond acceptors (Lipinski definition) is 1. The number of imidazole rings is 1. The summed E-state index contributed by atoms with van der Waals surface area (Å²) in [5.41, 5.74) is 5.45. The molecule has 2 aromatic carbocycles. The van der Waals surface area contributed by atoms with E-state index >= 15 is 0 Å². The lowest BCUT2D eigenvalue weighted by Crippen LogP contribution is -2.02. The van der Waals surface area contributed by atoms with Gasteiger partial charge in [-0.05, 0) is 62.2 Å². The predicted octanol–water partition coefficient (Wildman–Crippen LogP) is 5.60. The number of alkyl halides is 1. The molecule has 3 rings (SSSR count). The molecule has 4 heteroatoms. The van der Waals surface area contributed by atoms with Crippen LogP contribution in [0.15, 0.2) is 36.4 Å². The van der Waals surface area contributed by atoms with Crippen molar-refractivity contribution in [2.45, 2.75) is 26.1 Å². The van der Waals surface area contributed by atoms with Crippen LogP contribution < -0.4 is 0 Å². The van der Waals surface area contributed by atoms with Crippen LogP contribution in [0, 0.1) is 13.8 Å². The minimum Gasteiger partial charge on any atom is -0.295 e. The number of aromatic nitrogens is 2. The van der Waals surface area contributed by atoms with Gasteiger partial charge in [0.1, 0.15) is 5.82 Å². The summed E-state index contributed by atoms with van der Waals surface area (Å²) in [6.45, 7) is 6.14. The van der Waals surface area contributed by atoms with Crippen LogP contribution in [0.2, 0.25) is 5.02 Å². The lowest BCUT2D eigenvalue weighted by atomic mass is 10.1. The molecule has 0 spiro atoms. The lowest BCUT2D eigenvalue weighted by Gasteiger charge is -2.12.